The third kappa shape index (κ3) is 4.36. The molecule has 3 rings (SSSR count). The van der Waals surface area contributed by atoms with Crippen LogP contribution in [0.2, 0.25) is 0 Å². The van der Waals surface area contributed by atoms with Crippen molar-refractivity contribution in [1.29, 1.82) is 0 Å². The second-order valence-electron chi connectivity index (χ2n) is 9.34. The van der Waals surface area contributed by atoms with E-state index in [4.69, 9.17) is 9.31 Å². The Hall–Kier alpha value is -1.86. The molecular weight excluding hydrogens is 369 g/mol. The number of aliphatic carboxylic acids is 1. The molecule has 2 atom stereocenters. The van der Waals surface area contributed by atoms with E-state index >= 15 is 0 Å². The van der Waals surface area contributed by atoms with Crippen LogP contribution >= 0.6 is 0 Å². The molecule has 2 aliphatic carbocycles. The fraction of sp³-hybridized carbons (Fsp3) is 0.636. The van der Waals surface area contributed by atoms with Crippen molar-refractivity contribution >= 4 is 19.0 Å². The first-order chi connectivity index (χ1) is 13.7. The van der Waals surface area contributed by atoms with Crippen LogP contribution in [0.4, 0.5) is 0 Å². The van der Waals surface area contributed by atoms with Gasteiger partial charge in [0.1, 0.15) is 6.04 Å². The second kappa shape index (κ2) is 8.48. The molecule has 2 bridgehead atoms. The van der Waals surface area contributed by atoms with Crippen molar-refractivity contribution in [2.45, 2.75) is 66.0 Å². The Morgan fingerprint density at radius 1 is 1.28 bits per heavy atom. The zero-order valence-corrected chi connectivity index (χ0v) is 18.1. The summed E-state index contributed by atoms with van der Waals surface area (Å²) in [6.45, 7) is 11.1. The first kappa shape index (κ1) is 21.8. The number of unbranched alkanes of at least 4 members (excludes halogenated alkanes) is 1. The number of carbonyl (C=O) groups is 2. The van der Waals surface area contributed by atoms with Crippen molar-refractivity contribution in [3.05, 3.63) is 34.8 Å². The van der Waals surface area contributed by atoms with Gasteiger partial charge in [0.05, 0.1) is 6.04 Å². The maximum atomic E-state index is 13.1. The lowest BCUT2D eigenvalue weighted by atomic mass is 9.73. The van der Waals surface area contributed by atoms with Gasteiger partial charge in [-0.05, 0) is 29.0 Å². The van der Waals surface area contributed by atoms with Gasteiger partial charge in [0.2, 0.25) is 5.91 Å². The average Bonchev–Trinajstić information content (AvgIpc) is 3.21. The number of carbonyl (C=O) groups excluding carboxylic acids is 1. The van der Waals surface area contributed by atoms with Gasteiger partial charge in [-0.1, -0.05) is 59.3 Å². The molecule has 3 aliphatic rings. The highest BCUT2D eigenvalue weighted by Gasteiger charge is 2.46. The van der Waals surface area contributed by atoms with Gasteiger partial charge in [-0.2, -0.15) is 0 Å². The van der Waals surface area contributed by atoms with Gasteiger partial charge >= 0.3 is 13.1 Å². The number of amides is 1. The Morgan fingerprint density at radius 2 is 1.93 bits per heavy atom. The van der Waals surface area contributed by atoms with Gasteiger partial charge in [0, 0.05) is 25.0 Å². The molecule has 6 nitrogen and oxygen atoms in total. The van der Waals surface area contributed by atoms with Crippen molar-refractivity contribution < 1.29 is 24.0 Å². The van der Waals surface area contributed by atoms with Crippen LogP contribution in [0.3, 0.4) is 0 Å². The number of rotatable bonds is 8. The normalized spacial score (nSPS) is 23.6. The molecule has 1 amide bonds. The van der Waals surface area contributed by atoms with E-state index in [9.17, 15) is 14.7 Å². The van der Waals surface area contributed by atoms with E-state index in [1.54, 1.807) is 4.90 Å². The van der Waals surface area contributed by atoms with Crippen molar-refractivity contribution in [1.82, 2.24) is 4.90 Å². The molecule has 1 unspecified atom stereocenters. The SMILES string of the molecule is CCCCC(=O)N(C1C2=CC(B3OCC(C)(C)CO3)=C1C=C2)[C@H](C(=O)O)C(C)C. The molecule has 0 aromatic heterocycles. The van der Waals surface area contributed by atoms with Gasteiger partial charge in [-0.15, -0.1) is 0 Å². The highest BCUT2D eigenvalue weighted by Crippen LogP contribution is 2.41. The largest absolute Gasteiger partial charge is 0.494 e. The summed E-state index contributed by atoms with van der Waals surface area (Å²) >= 11 is 0. The molecule has 158 valence electrons. The van der Waals surface area contributed by atoms with Crippen molar-refractivity contribution in [2.24, 2.45) is 11.3 Å². The number of carboxylic acids is 1. The van der Waals surface area contributed by atoms with Crippen LogP contribution < -0.4 is 0 Å². The molecule has 1 N–H and O–H groups in total. The molecule has 1 heterocycles. The van der Waals surface area contributed by atoms with E-state index in [-0.39, 0.29) is 23.3 Å². The third-order valence-electron chi connectivity index (χ3n) is 5.72. The summed E-state index contributed by atoms with van der Waals surface area (Å²) in [6, 6.07) is -1.26. The fourth-order valence-corrected chi connectivity index (χ4v) is 4.22. The van der Waals surface area contributed by atoms with Crippen LogP contribution in [0.15, 0.2) is 34.8 Å². The molecule has 0 aromatic carbocycles. The number of carboxylic acid groups (broad SMARTS) is 1. The van der Waals surface area contributed by atoms with Gasteiger partial charge in [0.25, 0.3) is 0 Å². The monoisotopic (exact) mass is 401 g/mol. The molecule has 1 aliphatic heterocycles. The Kier molecular flexibility index (Phi) is 6.39. The van der Waals surface area contributed by atoms with E-state index in [0.717, 1.165) is 29.5 Å². The van der Waals surface area contributed by atoms with Gasteiger partial charge in [-0.3, -0.25) is 4.79 Å². The topological polar surface area (TPSA) is 76.1 Å². The van der Waals surface area contributed by atoms with Crippen LogP contribution in [-0.4, -0.2) is 54.3 Å². The van der Waals surface area contributed by atoms with Crippen LogP contribution in [0.25, 0.3) is 0 Å². The molecule has 0 aromatic rings. The third-order valence-corrected chi connectivity index (χ3v) is 5.72. The van der Waals surface area contributed by atoms with Gasteiger partial charge < -0.3 is 19.3 Å². The number of hydrogen-bond donors (Lipinski definition) is 1. The van der Waals surface area contributed by atoms with Crippen molar-refractivity contribution in [3.8, 4) is 0 Å². The van der Waals surface area contributed by atoms with E-state index < -0.39 is 19.1 Å². The summed E-state index contributed by atoms with van der Waals surface area (Å²) in [7, 11) is -0.474. The number of fused-ring (bicyclic) bond motifs is 2. The Morgan fingerprint density at radius 3 is 2.48 bits per heavy atom. The van der Waals surface area contributed by atoms with Gasteiger partial charge in [-0.25, -0.2) is 4.79 Å². The maximum absolute atomic E-state index is 13.1. The summed E-state index contributed by atoms with van der Waals surface area (Å²) in [5, 5.41) is 9.91. The van der Waals surface area contributed by atoms with E-state index in [1.807, 2.05) is 39.0 Å². The van der Waals surface area contributed by atoms with E-state index in [0.29, 0.717) is 19.6 Å². The minimum absolute atomic E-state index is 0.0318. The van der Waals surface area contributed by atoms with E-state index in [2.05, 4.69) is 13.8 Å². The predicted octanol–water partition coefficient (Wildman–Crippen LogP) is 3.39. The lowest BCUT2D eigenvalue weighted by molar-refractivity contribution is -0.153. The zero-order chi connectivity index (χ0) is 21.3. The fourth-order valence-electron chi connectivity index (χ4n) is 4.22. The second-order valence-corrected chi connectivity index (χ2v) is 9.34. The molecule has 0 saturated carbocycles. The maximum Gasteiger partial charge on any atom is 0.494 e. The van der Waals surface area contributed by atoms with Crippen LogP contribution in [0.5, 0.6) is 0 Å². The lowest BCUT2D eigenvalue weighted by Crippen LogP contribution is -2.53. The Labute approximate surface area is 173 Å². The molecule has 1 saturated heterocycles. The number of hydrogen-bond acceptors (Lipinski definition) is 4. The quantitative estimate of drug-likeness (QED) is 0.631. The minimum atomic E-state index is -0.967. The summed E-state index contributed by atoms with van der Waals surface area (Å²) in [5.74, 6) is -1.28. The highest BCUT2D eigenvalue weighted by molar-refractivity contribution is 6.55. The van der Waals surface area contributed by atoms with Crippen LogP contribution in [0.1, 0.15) is 53.9 Å². The molecule has 1 fully saturated rings. The average molecular weight is 401 g/mol. The van der Waals surface area contributed by atoms with Crippen LogP contribution in [0, 0.1) is 11.3 Å². The highest BCUT2D eigenvalue weighted by atomic mass is 16.6. The van der Waals surface area contributed by atoms with E-state index in [1.165, 1.54) is 0 Å². The molecule has 7 heteroatoms. The summed E-state index contributed by atoms with van der Waals surface area (Å²) in [4.78, 5) is 26.8. The Balaban J connectivity index is 1.93. The standard InChI is InChI=1S/C22H32BNO5/c1-6-7-8-18(25)24(19(14(2)3)21(26)27)20-15-9-10-16(20)17(11-15)23-28-12-22(4,5)13-29-23/h9-11,14,19-20H,6-8,12-13H2,1-5H3,(H,26,27)/t19-,20?/m0/s1. The first-order valence-corrected chi connectivity index (χ1v) is 10.6. The predicted molar refractivity (Wildman–Crippen MR) is 112 cm³/mol. The molecular formula is C22H32BNO5. The zero-order valence-electron chi connectivity index (χ0n) is 18.1. The smallest absolute Gasteiger partial charge is 0.480 e. The summed E-state index contributed by atoms with van der Waals surface area (Å²) in [5.41, 5.74) is 2.73. The molecule has 29 heavy (non-hydrogen) atoms. The summed E-state index contributed by atoms with van der Waals surface area (Å²) in [6.07, 6.45) is 7.93. The lowest BCUT2D eigenvalue weighted by Gasteiger charge is -2.37. The van der Waals surface area contributed by atoms with Gasteiger partial charge in [0.15, 0.2) is 0 Å². The first-order valence-electron chi connectivity index (χ1n) is 10.6. The van der Waals surface area contributed by atoms with Crippen molar-refractivity contribution in [2.75, 3.05) is 13.2 Å². The molecule has 0 radical (unpaired) electrons. The van der Waals surface area contributed by atoms with Crippen molar-refractivity contribution in [3.63, 3.8) is 0 Å². The summed E-state index contributed by atoms with van der Waals surface area (Å²) < 4.78 is 11.9. The van der Waals surface area contributed by atoms with Crippen LogP contribution in [-0.2, 0) is 18.9 Å². The minimum Gasteiger partial charge on any atom is -0.480 e. The number of nitrogens with zero attached hydrogens (tertiary/aromatic N) is 1. The number of allylic oxidation sites excluding steroid dienone is 2. The molecule has 0 spiro atoms. The Bertz CT molecular complexity index is 757.